The average Bonchev–Trinajstić information content (AvgIpc) is 3.15. The molecule has 1 aromatic rings. The molecule has 1 aromatic heterocycles. The number of nitrogens with zero attached hydrogens (tertiary/aromatic N) is 4. The van der Waals surface area contributed by atoms with Crippen LogP contribution in [0, 0.1) is 5.92 Å². The summed E-state index contributed by atoms with van der Waals surface area (Å²) in [7, 11) is 0. The van der Waals surface area contributed by atoms with Crippen molar-refractivity contribution in [1.82, 2.24) is 14.9 Å². The fourth-order valence-corrected chi connectivity index (χ4v) is 3.71. The Morgan fingerprint density at radius 1 is 1.19 bits per heavy atom. The summed E-state index contributed by atoms with van der Waals surface area (Å²) in [5.74, 6) is 1.04. The summed E-state index contributed by atoms with van der Waals surface area (Å²) in [6, 6.07) is 1.82. The highest BCUT2D eigenvalue weighted by atomic mass is 16.5. The molecule has 3 atom stereocenters. The van der Waals surface area contributed by atoms with Crippen LogP contribution in [-0.2, 0) is 9.53 Å². The molecule has 3 aliphatic heterocycles. The van der Waals surface area contributed by atoms with Gasteiger partial charge in [0.2, 0.25) is 11.9 Å². The maximum atomic E-state index is 12.6. The zero-order valence-electron chi connectivity index (χ0n) is 12.0. The zero-order valence-corrected chi connectivity index (χ0v) is 12.0. The van der Waals surface area contributed by atoms with Crippen molar-refractivity contribution in [2.45, 2.75) is 31.5 Å². The monoisotopic (exact) mass is 288 g/mol. The van der Waals surface area contributed by atoms with Crippen LogP contribution in [0.4, 0.5) is 5.95 Å². The lowest BCUT2D eigenvalue weighted by atomic mass is 9.99. The van der Waals surface area contributed by atoms with Gasteiger partial charge in [-0.25, -0.2) is 9.97 Å². The van der Waals surface area contributed by atoms with Gasteiger partial charge in [-0.3, -0.25) is 4.79 Å². The number of aromatic nitrogens is 2. The first-order chi connectivity index (χ1) is 10.3. The van der Waals surface area contributed by atoms with E-state index in [0.717, 1.165) is 44.8 Å². The van der Waals surface area contributed by atoms with Crippen LogP contribution in [0.2, 0.25) is 0 Å². The number of carbonyl (C=O) groups excluding carboxylic acids is 1. The van der Waals surface area contributed by atoms with E-state index in [1.807, 2.05) is 11.0 Å². The van der Waals surface area contributed by atoms with Crippen molar-refractivity contribution in [2.75, 3.05) is 31.1 Å². The van der Waals surface area contributed by atoms with Crippen molar-refractivity contribution in [2.24, 2.45) is 5.92 Å². The molecule has 1 amide bonds. The first kappa shape index (κ1) is 13.0. The highest BCUT2D eigenvalue weighted by molar-refractivity contribution is 5.80. The second-order valence-corrected chi connectivity index (χ2v) is 6.12. The summed E-state index contributed by atoms with van der Waals surface area (Å²) in [6.45, 7) is 3.32. The fraction of sp³-hybridized carbons (Fsp3) is 0.667. The highest BCUT2D eigenvalue weighted by Crippen LogP contribution is 2.34. The minimum atomic E-state index is -0.0133. The van der Waals surface area contributed by atoms with Gasteiger partial charge in [-0.2, -0.15) is 0 Å². The van der Waals surface area contributed by atoms with Gasteiger partial charge in [-0.05, 0) is 25.3 Å². The molecule has 3 saturated heterocycles. The van der Waals surface area contributed by atoms with Gasteiger partial charge in [0.05, 0.1) is 18.1 Å². The predicted octanol–water partition coefficient (Wildman–Crippen LogP) is 0.693. The molecule has 0 spiro atoms. The fourth-order valence-electron chi connectivity index (χ4n) is 3.71. The number of morpholine rings is 1. The van der Waals surface area contributed by atoms with Crippen molar-refractivity contribution in [3.8, 4) is 0 Å². The molecule has 112 valence electrons. The Morgan fingerprint density at radius 3 is 2.71 bits per heavy atom. The smallest absolute Gasteiger partial charge is 0.228 e. The van der Waals surface area contributed by atoms with E-state index in [9.17, 15) is 4.79 Å². The summed E-state index contributed by atoms with van der Waals surface area (Å²) in [5.41, 5.74) is 0. The molecule has 4 rings (SSSR count). The summed E-state index contributed by atoms with van der Waals surface area (Å²) in [4.78, 5) is 25.4. The van der Waals surface area contributed by atoms with Crippen LogP contribution < -0.4 is 4.90 Å². The van der Waals surface area contributed by atoms with E-state index in [-0.39, 0.29) is 24.0 Å². The number of carbonyl (C=O) groups is 1. The number of hydrogen-bond donors (Lipinski definition) is 0. The molecule has 3 fully saturated rings. The quantitative estimate of drug-likeness (QED) is 0.801. The van der Waals surface area contributed by atoms with E-state index in [4.69, 9.17) is 4.74 Å². The molecule has 2 bridgehead atoms. The standard InChI is InChI=1S/C15H20N4O2/c20-14(18-6-1-2-7-18)12-8-11-9-19(10-13(12)21-11)15-16-4-3-5-17-15/h3-5,11-13H,1-2,6-10H2/t11-,12+,13-/m1/s1. The number of hydrogen-bond acceptors (Lipinski definition) is 5. The second-order valence-electron chi connectivity index (χ2n) is 6.12. The maximum absolute atomic E-state index is 12.6. The lowest BCUT2D eigenvalue weighted by Crippen LogP contribution is -2.46. The molecule has 21 heavy (non-hydrogen) atoms. The molecule has 4 heterocycles. The molecule has 3 aliphatic rings. The Kier molecular flexibility index (Phi) is 3.25. The topological polar surface area (TPSA) is 58.6 Å². The van der Waals surface area contributed by atoms with Gasteiger partial charge in [-0.1, -0.05) is 0 Å². The highest BCUT2D eigenvalue weighted by Gasteiger charge is 2.46. The summed E-state index contributed by atoms with van der Waals surface area (Å²) in [6.07, 6.45) is 6.74. The number of rotatable bonds is 2. The lowest BCUT2D eigenvalue weighted by molar-refractivity contribution is -0.136. The summed E-state index contributed by atoms with van der Waals surface area (Å²) < 4.78 is 6.00. The van der Waals surface area contributed by atoms with Gasteiger partial charge < -0.3 is 14.5 Å². The average molecular weight is 288 g/mol. The summed E-state index contributed by atoms with van der Waals surface area (Å²) >= 11 is 0. The number of fused-ring (bicyclic) bond motifs is 2. The van der Waals surface area contributed by atoms with E-state index < -0.39 is 0 Å². The number of ether oxygens (including phenoxy) is 1. The predicted molar refractivity (Wildman–Crippen MR) is 76.8 cm³/mol. The molecule has 0 radical (unpaired) electrons. The SMILES string of the molecule is O=C([C@H]1C[C@@H]2CN(c3ncccn3)C[C@H]1O2)N1CCCC1. The van der Waals surface area contributed by atoms with E-state index in [2.05, 4.69) is 14.9 Å². The Morgan fingerprint density at radius 2 is 1.95 bits per heavy atom. The lowest BCUT2D eigenvalue weighted by Gasteiger charge is -2.33. The van der Waals surface area contributed by atoms with Crippen molar-refractivity contribution >= 4 is 11.9 Å². The molecule has 6 heteroatoms. The van der Waals surface area contributed by atoms with Crippen LogP contribution in [0.3, 0.4) is 0 Å². The van der Waals surface area contributed by atoms with E-state index >= 15 is 0 Å². The molecule has 0 unspecified atom stereocenters. The first-order valence-electron chi connectivity index (χ1n) is 7.77. The molecule has 0 aliphatic carbocycles. The van der Waals surface area contributed by atoms with E-state index in [0.29, 0.717) is 6.54 Å². The largest absolute Gasteiger partial charge is 0.370 e. The van der Waals surface area contributed by atoms with Crippen LogP contribution in [0.25, 0.3) is 0 Å². The van der Waals surface area contributed by atoms with Crippen LogP contribution in [0.15, 0.2) is 18.5 Å². The molecule has 0 saturated carbocycles. The zero-order chi connectivity index (χ0) is 14.2. The third-order valence-electron chi connectivity index (χ3n) is 4.73. The third kappa shape index (κ3) is 2.37. The molecular formula is C15H20N4O2. The second kappa shape index (κ2) is 5.26. The van der Waals surface area contributed by atoms with E-state index in [1.165, 1.54) is 0 Å². The number of amides is 1. The van der Waals surface area contributed by atoms with Gasteiger partial charge in [0.25, 0.3) is 0 Å². The number of anilines is 1. The molecule has 0 aromatic carbocycles. The van der Waals surface area contributed by atoms with Gasteiger partial charge in [-0.15, -0.1) is 0 Å². The molecule has 0 N–H and O–H groups in total. The normalized spacial score (nSPS) is 31.7. The van der Waals surface area contributed by atoms with Gasteiger partial charge in [0, 0.05) is 38.6 Å². The van der Waals surface area contributed by atoms with E-state index in [1.54, 1.807) is 12.4 Å². The van der Waals surface area contributed by atoms with Crippen LogP contribution in [0.5, 0.6) is 0 Å². The van der Waals surface area contributed by atoms with Crippen LogP contribution in [0.1, 0.15) is 19.3 Å². The van der Waals surface area contributed by atoms with Gasteiger partial charge in [0.1, 0.15) is 0 Å². The van der Waals surface area contributed by atoms with Crippen molar-refractivity contribution in [1.29, 1.82) is 0 Å². The Hall–Kier alpha value is -1.69. The van der Waals surface area contributed by atoms with Crippen LogP contribution in [-0.4, -0.2) is 59.2 Å². The Balaban J connectivity index is 1.48. The molecule has 6 nitrogen and oxygen atoms in total. The minimum absolute atomic E-state index is 0.0133. The van der Waals surface area contributed by atoms with Crippen molar-refractivity contribution in [3.63, 3.8) is 0 Å². The van der Waals surface area contributed by atoms with Crippen molar-refractivity contribution < 1.29 is 9.53 Å². The first-order valence-corrected chi connectivity index (χ1v) is 7.77. The Labute approximate surface area is 124 Å². The Bertz CT molecular complexity index is 518. The minimum Gasteiger partial charge on any atom is -0.370 e. The third-order valence-corrected chi connectivity index (χ3v) is 4.73. The summed E-state index contributed by atoms with van der Waals surface area (Å²) in [5, 5.41) is 0. The maximum Gasteiger partial charge on any atom is 0.228 e. The van der Waals surface area contributed by atoms with Gasteiger partial charge >= 0.3 is 0 Å². The molecular weight excluding hydrogens is 268 g/mol. The van der Waals surface area contributed by atoms with Crippen LogP contribution >= 0.6 is 0 Å². The van der Waals surface area contributed by atoms with Gasteiger partial charge in [0.15, 0.2) is 0 Å². The number of likely N-dealkylation sites (tertiary alicyclic amines) is 1. The van der Waals surface area contributed by atoms with Crippen molar-refractivity contribution in [3.05, 3.63) is 18.5 Å².